The van der Waals surface area contributed by atoms with Crippen molar-refractivity contribution in [2.24, 2.45) is 5.92 Å². The maximum absolute atomic E-state index is 12.7. The first kappa shape index (κ1) is 17.2. The number of amides is 1. The molecule has 0 radical (unpaired) electrons. The molecule has 0 aliphatic carbocycles. The van der Waals surface area contributed by atoms with Crippen molar-refractivity contribution in [1.82, 2.24) is 14.9 Å². The monoisotopic (exact) mass is 340 g/mol. The molecule has 0 spiro atoms. The number of benzene rings is 1. The van der Waals surface area contributed by atoms with E-state index in [0.29, 0.717) is 6.54 Å². The predicted octanol–water partition coefficient (Wildman–Crippen LogP) is 2.36. The van der Waals surface area contributed by atoms with Crippen molar-refractivity contribution in [3.05, 3.63) is 48.3 Å². The van der Waals surface area contributed by atoms with Crippen molar-refractivity contribution in [2.45, 2.75) is 19.4 Å². The lowest BCUT2D eigenvalue weighted by molar-refractivity contribution is -0.135. The van der Waals surface area contributed by atoms with Crippen LogP contribution in [0, 0.1) is 5.92 Å². The highest BCUT2D eigenvalue weighted by atomic mass is 16.5. The number of rotatable bonds is 5. The topological polar surface area (TPSA) is 58.6 Å². The maximum atomic E-state index is 12.7. The third kappa shape index (κ3) is 4.26. The molecule has 0 saturated carbocycles. The highest BCUT2D eigenvalue weighted by Crippen LogP contribution is 2.22. The van der Waals surface area contributed by atoms with Crippen LogP contribution in [-0.4, -0.2) is 48.0 Å². The Morgan fingerprint density at radius 1 is 1.20 bits per heavy atom. The van der Waals surface area contributed by atoms with Gasteiger partial charge in [-0.15, -0.1) is 0 Å². The first-order valence-corrected chi connectivity index (χ1v) is 8.57. The number of hydrogen-bond acceptors (Lipinski definition) is 5. The zero-order chi connectivity index (χ0) is 17.6. The van der Waals surface area contributed by atoms with Gasteiger partial charge in [-0.05, 0) is 36.6 Å². The summed E-state index contributed by atoms with van der Waals surface area (Å²) in [6.45, 7) is 2.25. The van der Waals surface area contributed by atoms with E-state index < -0.39 is 0 Å². The number of hydrogen-bond donors (Lipinski definition) is 0. The van der Waals surface area contributed by atoms with E-state index in [1.54, 1.807) is 19.5 Å². The summed E-state index contributed by atoms with van der Waals surface area (Å²) in [4.78, 5) is 25.3. The molecule has 1 aromatic heterocycles. The molecular formula is C19H24N4O2. The molecule has 3 rings (SSSR count). The minimum atomic E-state index is 0.0724. The molecule has 6 nitrogen and oxygen atoms in total. The van der Waals surface area contributed by atoms with E-state index in [2.05, 4.69) is 14.9 Å². The molecule has 0 bridgehead atoms. The Labute approximate surface area is 148 Å². The number of piperidine rings is 1. The Morgan fingerprint density at radius 2 is 1.84 bits per heavy atom. The fourth-order valence-electron chi connectivity index (χ4n) is 3.18. The van der Waals surface area contributed by atoms with E-state index in [1.165, 1.54) is 0 Å². The Hall–Kier alpha value is -2.63. The molecule has 132 valence electrons. The smallest absolute Gasteiger partial charge is 0.225 e. The number of anilines is 1. The lowest BCUT2D eigenvalue weighted by Gasteiger charge is -2.33. The van der Waals surface area contributed by atoms with Crippen LogP contribution in [0.25, 0.3) is 0 Å². The van der Waals surface area contributed by atoms with Gasteiger partial charge in [0.25, 0.3) is 0 Å². The highest BCUT2D eigenvalue weighted by molar-refractivity contribution is 5.78. The van der Waals surface area contributed by atoms with Gasteiger partial charge in [0.1, 0.15) is 5.75 Å². The van der Waals surface area contributed by atoms with Crippen LogP contribution >= 0.6 is 0 Å². The molecule has 2 aromatic rings. The molecule has 1 aromatic carbocycles. The number of aromatic nitrogens is 2. The molecule has 1 saturated heterocycles. The largest absolute Gasteiger partial charge is 0.497 e. The van der Waals surface area contributed by atoms with Crippen LogP contribution in [0.5, 0.6) is 5.75 Å². The standard InChI is InChI=1S/C19H24N4O2/c1-22(14-15-4-6-17(25-2)7-5-15)18(24)16-8-12-23(13-9-16)19-20-10-3-11-21-19/h3-7,10-11,16H,8-9,12-14H2,1-2H3. The summed E-state index contributed by atoms with van der Waals surface area (Å²) in [7, 11) is 3.52. The van der Waals surface area contributed by atoms with Crippen molar-refractivity contribution in [1.29, 1.82) is 0 Å². The van der Waals surface area contributed by atoms with Gasteiger partial charge < -0.3 is 14.5 Å². The molecule has 0 unspecified atom stereocenters. The number of carbonyl (C=O) groups excluding carboxylic acids is 1. The second kappa shape index (κ2) is 7.96. The van der Waals surface area contributed by atoms with Gasteiger partial charge in [0.15, 0.2) is 0 Å². The zero-order valence-electron chi connectivity index (χ0n) is 14.8. The second-order valence-electron chi connectivity index (χ2n) is 6.35. The minimum absolute atomic E-state index is 0.0724. The van der Waals surface area contributed by atoms with E-state index in [1.807, 2.05) is 42.3 Å². The van der Waals surface area contributed by atoms with Crippen LogP contribution in [0.4, 0.5) is 5.95 Å². The normalized spacial score (nSPS) is 15.0. The molecule has 0 atom stereocenters. The van der Waals surface area contributed by atoms with Crippen LogP contribution in [0.2, 0.25) is 0 Å². The summed E-state index contributed by atoms with van der Waals surface area (Å²) in [6, 6.07) is 9.65. The molecule has 2 heterocycles. The highest BCUT2D eigenvalue weighted by Gasteiger charge is 2.28. The molecule has 1 amide bonds. The van der Waals surface area contributed by atoms with E-state index in [9.17, 15) is 4.79 Å². The van der Waals surface area contributed by atoms with Gasteiger partial charge in [0.05, 0.1) is 7.11 Å². The Balaban J connectivity index is 1.52. The first-order chi connectivity index (χ1) is 12.2. The summed E-state index contributed by atoms with van der Waals surface area (Å²) in [5.74, 6) is 1.86. The number of nitrogens with zero attached hydrogens (tertiary/aromatic N) is 4. The van der Waals surface area contributed by atoms with E-state index in [4.69, 9.17) is 4.74 Å². The van der Waals surface area contributed by atoms with Crippen LogP contribution in [0.1, 0.15) is 18.4 Å². The Kier molecular flexibility index (Phi) is 5.48. The van der Waals surface area contributed by atoms with Gasteiger partial charge >= 0.3 is 0 Å². The zero-order valence-corrected chi connectivity index (χ0v) is 14.8. The average Bonchev–Trinajstić information content (AvgIpc) is 2.69. The lowest BCUT2D eigenvalue weighted by atomic mass is 9.95. The summed E-state index contributed by atoms with van der Waals surface area (Å²) in [5.41, 5.74) is 1.10. The maximum Gasteiger partial charge on any atom is 0.225 e. The van der Waals surface area contributed by atoms with Crippen molar-refractivity contribution < 1.29 is 9.53 Å². The van der Waals surface area contributed by atoms with E-state index in [0.717, 1.165) is 43.2 Å². The first-order valence-electron chi connectivity index (χ1n) is 8.57. The van der Waals surface area contributed by atoms with Crippen LogP contribution in [-0.2, 0) is 11.3 Å². The third-order valence-electron chi connectivity index (χ3n) is 4.63. The number of methoxy groups -OCH3 is 1. The summed E-state index contributed by atoms with van der Waals surface area (Å²) in [5, 5.41) is 0. The third-order valence-corrected chi connectivity index (χ3v) is 4.63. The summed E-state index contributed by atoms with van der Waals surface area (Å²) < 4.78 is 5.17. The van der Waals surface area contributed by atoms with Gasteiger partial charge in [0.2, 0.25) is 11.9 Å². The molecule has 0 N–H and O–H groups in total. The summed E-state index contributed by atoms with van der Waals surface area (Å²) in [6.07, 6.45) is 5.18. The molecule has 6 heteroatoms. The average molecular weight is 340 g/mol. The number of carbonyl (C=O) groups is 1. The number of ether oxygens (including phenoxy) is 1. The predicted molar refractivity (Wildman–Crippen MR) is 96.4 cm³/mol. The van der Waals surface area contributed by atoms with Crippen molar-refractivity contribution in [3.8, 4) is 5.75 Å². The molecule has 1 fully saturated rings. The summed E-state index contributed by atoms with van der Waals surface area (Å²) >= 11 is 0. The fraction of sp³-hybridized carbons (Fsp3) is 0.421. The van der Waals surface area contributed by atoms with Crippen LogP contribution in [0.15, 0.2) is 42.7 Å². The molecule has 1 aliphatic heterocycles. The van der Waals surface area contributed by atoms with Gasteiger partial charge in [-0.1, -0.05) is 12.1 Å². The van der Waals surface area contributed by atoms with Gasteiger partial charge in [-0.25, -0.2) is 9.97 Å². The molecule has 1 aliphatic rings. The fourth-order valence-corrected chi connectivity index (χ4v) is 3.18. The molecule has 25 heavy (non-hydrogen) atoms. The minimum Gasteiger partial charge on any atom is -0.497 e. The van der Waals surface area contributed by atoms with E-state index in [-0.39, 0.29) is 11.8 Å². The van der Waals surface area contributed by atoms with Crippen molar-refractivity contribution in [3.63, 3.8) is 0 Å². The van der Waals surface area contributed by atoms with Gasteiger partial charge in [0, 0.05) is 45.0 Å². The van der Waals surface area contributed by atoms with Gasteiger partial charge in [-0.2, -0.15) is 0 Å². The second-order valence-corrected chi connectivity index (χ2v) is 6.35. The van der Waals surface area contributed by atoms with Gasteiger partial charge in [-0.3, -0.25) is 4.79 Å². The lowest BCUT2D eigenvalue weighted by Crippen LogP contribution is -2.41. The van der Waals surface area contributed by atoms with Crippen molar-refractivity contribution >= 4 is 11.9 Å². The quantitative estimate of drug-likeness (QED) is 0.836. The Morgan fingerprint density at radius 3 is 2.44 bits per heavy atom. The van der Waals surface area contributed by atoms with Crippen LogP contribution in [0.3, 0.4) is 0 Å². The van der Waals surface area contributed by atoms with Crippen molar-refractivity contribution in [2.75, 3.05) is 32.1 Å². The van der Waals surface area contributed by atoms with E-state index >= 15 is 0 Å². The Bertz CT molecular complexity index is 682. The molecular weight excluding hydrogens is 316 g/mol. The SMILES string of the molecule is COc1ccc(CN(C)C(=O)C2CCN(c3ncccn3)CC2)cc1. The van der Waals surface area contributed by atoms with Crippen LogP contribution < -0.4 is 9.64 Å².